The Morgan fingerprint density at radius 2 is 1.81 bits per heavy atom. The summed E-state index contributed by atoms with van der Waals surface area (Å²) < 4.78 is 12.7. The van der Waals surface area contributed by atoms with Crippen molar-refractivity contribution in [2.75, 3.05) is 0 Å². The molecule has 1 aromatic rings. The average molecular weight is 224 g/mol. The molecule has 0 aliphatic carbocycles. The van der Waals surface area contributed by atoms with Crippen LogP contribution in [0.3, 0.4) is 0 Å². The van der Waals surface area contributed by atoms with Crippen molar-refractivity contribution in [3.05, 3.63) is 35.6 Å². The third-order valence-corrected chi connectivity index (χ3v) is 2.76. The summed E-state index contributed by atoms with van der Waals surface area (Å²) in [6, 6.07) is 6.35. The first-order chi connectivity index (χ1) is 7.39. The summed E-state index contributed by atoms with van der Waals surface area (Å²) in [5.41, 5.74) is 0.289. The Kier molecular flexibility index (Phi) is 4.48. The van der Waals surface area contributed by atoms with Gasteiger partial charge >= 0.3 is 0 Å². The van der Waals surface area contributed by atoms with Crippen LogP contribution in [0.5, 0.6) is 0 Å². The molecule has 1 nitrogen and oxygen atoms in total. The van der Waals surface area contributed by atoms with Gasteiger partial charge in [-0.3, -0.25) is 0 Å². The van der Waals surface area contributed by atoms with E-state index in [4.69, 9.17) is 0 Å². The van der Waals surface area contributed by atoms with E-state index in [0.717, 1.165) is 18.4 Å². The largest absolute Gasteiger partial charge is 0.390 e. The van der Waals surface area contributed by atoms with Crippen molar-refractivity contribution >= 4 is 0 Å². The minimum atomic E-state index is -0.692. The first-order valence-electron chi connectivity index (χ1n) is 5.86. The molecule has 0 amide bonds. The minimum Gasteiger partial charge on any atom is -0.390 e. The van der Waals surface area contributed by atoms with E-state index >= 15 is 0 Å². The number of rotatable bonds is 5. The molecule has 0 saturated carbocycles. The second-order valence-corrected chi connectivity index (χ2v) is 5.23. The van der Waals surface area contributed by atoms with Crippen molar-refractivity contribution in [1.29, 1.82) is 0 Å². The first-order valence-corrected chi connectivity index (χ1v) is 5.86. The van der Waals surface area contributed by atoms with Crippen LogP contribution in [0.15, 0.2) is 24.3 Å². The molecule has 0 spiro atoms. The Balaban J connectivity index is 2.54. The Labute approximate surface area is 97.3 Å². The van der Waals surface area contributed by atoms with Crippen LogP contribution in [0.25, 0.3) is 0 Å². The van der Waals surface area contributed by atoms with Crippen LogP contribution in [0, 0.1) is 11.7 Å². The smallest absolute Gasteiger partial charge is 0.123 e. The van der Waals surface area contributed by atoms with Crippen molar-refractivity contribution in [1.82, 2.24) is 0 Å². The van der Waals surface area contributed by atoms with Crippen molar-refractivity contribution in [3.63, 3.8) is 0 Å². The molecule has 1 N–H and O–H groups in total. The van der Waals surface area contributed by atoms with Crippen LogP contribution in [-0.4, -0.2) is 10.7 Å². The van der Waals surface area contributed by atoms with E-state index in [-0.39, 0.29) is 5.82 Å². The van der Waals surface area contributed by atoms with Gasteiger partial charge in [-0.15, -0.1) is 0 Å². The molecule has 0 aliphatic heterocycles. The maximum Gasteiger partial charge on any atom is 0.123 e. The molecular formula is C14H21FO. The number of hydrogen-bond acceptors (Lipinski definition) is 1. The highest BCUT2D eigenvalue weighted by Crippen LogP contribution is 2.21. The van der Waals surface area contributed by atoms with Gasteiger partial charge in [0, 0.05) is 6.42 Å². The van der Waals surface area contributed by atoms with Gasteiger partial charge in [0.15, 0.2) is 0 Å². The van der Waals surface area contributed by atoms with Crippen LogP contribution in [0.4, 0.5) is 4.39 Å². The lowest BCUT2D eigenvalue weighted by Crippen LogP contribution is -2.27. The van der Waals surface area contributed by atoms with Gasteiger partial charge in [-0.2, -0.15) is 0 Å². The van der Waals surface area contributed by atoms with E-state index < -0.39 is 5.60 Å². The Morgan fingerprint density at radius 1 is 1.25 bits per heavy atom. The zero-order valence-electron chi connectivity index (χ0n) is 10.3. The standard InChI is InChI=1S/C14H21FO/c1-11(2)8-9-14(3,16)10-12-4-6-13(15)7-5-12/h4-7,11,16H,8-10H2,1-3H3. The maximum absolute atomic E-state index is 12.7. The third-order valence-electron chi connectivity index (χ3n) is 2.76. The second-order valence-electron chi connectivity index (χ2n) is 5.23. The molecule has 0 bridgehead atoms. The fourth-order valence-corrected chi connectivity index (χ4v) is 1.73. The summed E-state index contributed by atoms with van der Waals surface area (Å²) in [7, 11) is 0. The van der Waals surface area contributed by atoms with Crippen molar-refractivity contribution in [2.24, 2.45) is 5.92 Å². The fourth-order valence-electron chi connectivity index (χ4n) is 1.73. The van der Waals surface area contributed by atoms with E-state index in [0.29, 0.717) is 12.3 Å². The van der Waals surface area contributed by atoms with E-state index in [1.165, 1.54) is 12.1 Å². The lowest BCUT2D eigenvalue weighted by atomic mass is 9.89. The molecule has 0 fully saturated rings. The van der Waals surface area contributed by atoms with Crippen LogP contribution in [0.1, 0.15) is 39.2 Å². The van der Waals surface area contributed by atoms with E-state index in [9.17, 15) is 9.50 Å². The summed E-state index contributed by atoms with van der Waals surface area (Å²) in [5.74, 6) is 0.366. The molecule has 0 heterocycles. The average Bonchev–Trinajstić information content (AvgIpc) is 2.19. The third kappa shape index (κ3) is 4.75. The highest BCUT2D eigenvalue weighted by molar-refractivity contribution is 5.17. The summed E-state index contributed by atoms with van der Waals surface area (Å²) in [6.07, 6.45) is 2.37. The molecule has 16 heavy (non-hydrogen) atoms. The molecule has 1 atom stereocenters. The van der Waals surface area contributed by atoms with Crippen LogP contribution in [0.2, 0.25) is 0 Å². The van der Waals surface area contributed by atoms with Gasteiger partial charge in [-0.25, -0.2) is 4.39 Å². The number of aliphatic hydroxyl groups is 1. The Bertz CT molecular complexity index is 314. The van der Waals surface area contributed by atoms with E-state index in [1.807, 2.05) is 6.92 Å². The van der Waals surface area contributed by atoms with Crippen molar-refractivity contribution < 1.29 is 9.50 Å². The molecular weight excluding hydrogens is 203 g/mol. The summed E-state index contributed by atoms with van der Waals surface area (Å²) in [4.78, 5) is 0. The van der Waals surface area contributed by atoms with E-state index in [1.54, 1.807) is 12.1 Å². The van der Waals surface area contributed by atoms with E-state index in [2.05, 4.69) is 13.8 Å². The van der Waals surface area contributed by atoms with Gasteiger partial charge in [-0.1, -0.05) is 26.0 Å². The van der Waals surface area contributed by atoms with Crippen molar-refractivity contribution in [2.45, 2.75) is 45.6 Å². The highest BCUT2D eigenvalue weighted by atomic mass is 19.1. The summed E-state index contributed by atoms with van der Waals surface area (Å²) in [6.45, 7) is 6.14. The minimum absolute atomic E-state index is 0.231. The lowest BCUT2D eigenvalue weighted by molar-refractivity contribution is 0.0457. The van der Waals surface area contributed by atoms with Gasteiger partial charge in [0.1, 0.15) is 5.82 Å². The number of benzene rings is 1. The van der Waals surface area contributed by atoms with Crippen LogP contribution in [-0.2, 0) is 6.42 Å². The molecule has 1 unspecified atom stereocenters. The molecule has 90 valence electrons. The second kappa shape index (κ2) is 5.44. The zero-order valence-corrected chi connectivity index (χ0v) is 10.3. The molecule has 2 heteroatoms. The molecule has 0 radical (unpaired) electrons. The van der Waals surface area contributed by atoms with Crippen LogP contribution >= 0.6 is 0 Å². The zero-order chi connectivity index (χ0) is 12.2. The lowest BCUT2D eigenvalue weighted by Gasteiger charge is -2.24. The highest BCUT2D eigenvalue weighted by Gasteiger charge is 2.20. The molecule has 0 saturated heterocycles. The van der Waals surface area contributed by atoms with Gasteiger partial charge < -0.3 is 5.11 Å². The van der Waals surface area contributed by atoms with Gasteiger partial charge in [0.2, 0.25) is 0 Å². The fraction of sp³-hybridized carbons (Fsp3) is 0.571. The van der Waals surface area contributed by atoms with Crippen LogP contribution < -0.4 is 0 Å². The van der Waals surface area contributed by atoms with Crippen molar-refractivity contribution in [3.8, 4) is 0 Å². The number of halogens is 1. The predicted molar refractivity (Wildman–Crippen MR) is 64.8 cm³/mol. The summed E-state index contributed by atoms with van der Waals surface area (Å²) in [5, 5.41) is 10.2. The van der Waals surface area contributed by atoms with Gasteiger partial charge in [-0.05, 0) is 43.4 Å². The quantitative estimate of drug-likeness (QED) is 0.811. The molecule has 1 aromatic carbocycles. The normalized spacial score (nSPS) is 15.1. The topological polar surface area (TPSA) is 20.2 Å². The van der Waals surface area contributed by atoms with Gasteiger partial charge in [0.25, 0.3) is 0 Å². The Hall–Kier alpha value is -0.890. The number of hydrogen-bond donors (Lipinski definition) is 1. The van der Waals surface area contributed by atoms with Gasteiger partial charge in [0.05, 0.1) is 5.60 Å². The SMILES string of the molecule is CC(C)CCC(C)(O)Cc1ccc(F)cc1. The Morgan fingerprint density at radius 3 is 2.31 bits per heavy atom. The monoisotopic (exact) mass is 224 g/mol. The predicted octanol–water partition coefficient (Wildman–Crippen LogP) is 3.56. The molecule has 0 aromatic heterocycles. The first kappa shape index (κ1) is 13.2. The molecule has 1 rings (SSSR count). The summed E-state index contributed by atoms with van der Waals surface area (Å²) >= 11 is 0. The maximum atomic E-state index is 12.7. The molecule has 0 aliphatic rings.